The molecule has 130 valence electrons. The number of morpholine rings is 1. The van der Waals surface area contributed by atoms with E-state index in [9.17, 15) is 4.79 Å². The van der Waals surface area contributed by atoms with Gasteiger partial charge in [0.25, 0.3) is 0 Å². The van der Waals surface area contributed by atoms with E-state index in [2.05, 4.69) is 4.90 Å². The van der Waals surface area contributed by atoms with Crippen molar-refractivity contribution in [3.05, 3.63) is 47.0 Å². The molecule has 7 heteroatoms. The molecule has 25 heavy (non-hydrogen) atoms. The van der Waals surface area contributed by atoms with E-state index in [0.29, 0.717) is 23.8 Å². The van der Waals surface area contributed by atoms with Crippen molar-refractivity contribution in [1.29, 1.82) is 5.41 Å². The van der Waals surface area contributed by atoms with Crippen LogP contribution >= 0.6 is 11.6 Å². The zero-order valence-corrected chi connectivity index (χ0v) is 14.2. The minimum absolute atomic E-state index is 0.157. The van der Waals surface area contributed by atoms with E-state index in [1.165, 1.54) is 6.07 Å². The highest BCUT2D eigenvalue weighted by atomic mass is 35.5. The minimum Gasteiger partial charge on any atom is -0.477 e. The maximum atomic E-state index is 11.1. The monoisotopic (exact) mass is 359 g/mol. The lowest BCUT2D eigenvalue weighted by molar-refractivity contribution is -0.129. The van der Waals surface area contributed by atoms with Crippen molar-refractivity contribution in [2.45, 2.75) is 0 Å². The first-order chi connectivity index (χ1) is 12.0. The number of hydrogen-bond acceptors (Lipinski definition) is 5. The van der Waals surface area contributed by atoms with Crippen molar-refractivity contribution < 1.29 is 14.6 Å². The van der Waals surface area contributed by atoms with Gasteiger partial charge in [0.05, 0.1) is 18.2 Å². The van der Waals surface area contributed by atoms with E-state index in [0.717, 1.165) is 24.3 Å². The van der Waals surface area contributed by atoms with Crippen LogP contribution in [0, 0.1) is 5.41 Å². The van der Waals surface area contributed by atoms with Crippen LogP contribution in [0.2, 0.25) is 5.02 Å². The SMILES string of the molecule is N=C(C(=O)O)c1cc(-c2ccc(N3CCOCC3)cc2)c(Cl)cc1N. The topological polar surface area (TPSA) is 99.6 Å². The van der Waals surface area contributed by atoms with Gasteiger partial charge in [-0.3, -0.25) is 5.41 Å². The van der Waals surface area contributed by atoms with E-state index in [1.807, 2.05) is 24.3 Å². The number of nitrogens with zero attached hydrogens (tertiary/aromatic N) is 1. The number of nitrogens with two attached hydrogens (primary N) is 1. The smallest absolute Gasteiger partial charge is 0.354 e. The molecule has 3 rings (SSSR count). The highest BCUT2D eigenvalue weighted by Gasteiger charge is 2.17. The summed E-state index contributed by atoms with van der Waals surface area (Å²) in [6.45, 7) is 3.13. The Balaban J connectivity index is 1.94. The van der Waals surface area contributed by atoms with Crippen molar-refractivity contribution in [2.24, 2.45) is 0 Å². The Morgan fingerprint density at radius 1 is 1.20 bits per heavy atom. The average molecular weight is 360 g/mol. The van der Waals surface area contributed by atoms with Crippen LogP contribution in [0.4, 0.5) is 11.4 Å². The van der Waals surface area contributed by atoms with Crippen LogP contribution < -0.4 is 10.6 Å². The molecule has 0 unspecified atom stereocenters. The molecule has 0 aliphatic carbocycles. The van der Waals surface area contributed by atoms with Gasteiger partial charge in [-0.25, -0.2) is 4.79 Å². The highest BCUT2D eigenvalue weighted by molar-refractivity contribution is 6.43. The van der Waals surface area contributed by atoms with Crippen molar-refractivity contribution in [2.75, 3.05) is 36.9 Å². The highest BCUT2D eigenvalue weighted by Crippen LogP contribution is 2.33. The van der Waals surface area contributed by atoms with Gasteiger partial charge in [-0.15, -0.1) is 0 Å². The number of nitrogen functional groups attached to an aromatic ring is 1. The van der Waals surface area contributed by atoms with Crippen LogP contribution in [0.25, 0.3) is 11.1 Å². The zero-order chi connectivity index (χ0) is 18.0. The lowest BCUT2D eigenvalue weighted by Gasteiger charge is -2.29. The third kappa shape index (κ3) is 3.60. The fraction of sp³-hybridized carbons (Fsp3) is 0.222. The standard InChI is InChI=1S/C18H18ClN3O3/c19-15-10-16(20)14(17(21)18(23)24)9-13(15)11-1-3-12(4-2-11)22-5-7-25-8-6-22/h1-4,9-10,21H,5-8,20H2,(H,23,24). The summed E-state index contributed by atoms with van der Waals surface area (Å²) in [6.07, 6.45) is 0. The van der Waals surface area contributed by atoms with E-state index in [-0.39, 0.29) is 11.3 Å². The molecule has 0 aromatic heterocycles. The predicted octanol–water partition coefficient (Wildman–Crippen LogP) is 2.88. The molecular weight excluding hydrogens is 342 g/mol. The van der Waals surface area contributed by atoms with Crippen molar-refractivity contribution in [1.82, 2.24) is 0 Å². The van der Waals surface area contributed by atoms with Crippen LogP contribution in [0.3, 0.4) is 0 Å². The van der Waals surface area contributed by atoms with Gasteiger partial charge in [0.15, 0.2) is 0 Å². The van der Waals surface area contributed by atoms with Crippen LogP contribution in [0.5, 0.6) is 0 Å². The molecule has 0 radical (unpaired) electrons. The first-order valence-electron chi connectivity index (χ1n) is 7.81. The summed E-state index contributed by atoms with van der Waals surface area (Å²) in [5.74, 6) is -1.33. The molecule has 6 nitrogen and oxygen atoms in total. The van der Waals surface area contributed by atoms with Crippen molar-refractivity contribution in [3.8, 4) is 11.1 Å². The summed E-state index contributed by atoms with van der Waals surface area (Å²) in [7, 11) is 0. The summed E-state index contributed by atoms with van der Waals surface area (Å²) in [4.78, 5) is 13.3. The average Bonchev–Trinajstić information content (AvgIpc) is 2.62. The second-order valence-electron chi connectivity index (χ2n) is 5.75. The zero-order valence-electron chi connectivity index (χ0n) is 13.5. The fourth-order valence-electron chi connectivity index (χ4n) is 2.81. The minimum atomic E-state index is -1.33. The fourth-order valence-corrected chi connectivity index (χ4v) is 3.10. The first-order valence-corrected chi connectivity index (χ1v) is 8.19. The van der Waals surface area contributed by atoms with Gasteiger partial charge >= 0.3 is 5.97 Å². The number of rotatable bonds is 4. The summed E-state index contributed by atoms with van der Waals surface area (Å²) < 4.78 is 5.36. The first kappa shape index (κ1) is 17.3. The molecule has 0 spiro atoms. The van der Waals surface area contributed by atoms with E-state index >= 15 is 0 Å². The summed E-state index contributed by atoms with van der Waals surface area (Å²) >= 11 is 6.28. The second kappa shape index (κ2) is 7.13. The quantitative estimate of drug-likeness (QED) is 0.575. The Bertz CT molecular complexity index is 815. The Kier molecular flexibility index (Phi) is 4.92. The number of hydrogen-bond donors (Lipinski definition) is 3. The van der Waals surface area contributed by atoms with E-state index in [4.69, 9.17) is 32.6 Å². The van der Waals surface area contributed by atoms with E-state index in [1.54, 1.807) is 6.07 Å². The van der Waals surface area contributed by atoms with Gasteiger partial charge in [-0.1, -0.05) is 23.7 Å². The number of aliphatic carboxylic acids is 1. The van der Waals surface area contributed by atoms with Gasteiger partial charge < -0.3 is 20.5 Å². The maximum Gasteiger partial charge on any atom is 0.354 e. The number of anilines is 2. The van der Waals surface area contributed by atoms with Crippen LogP contribution in [0.1, 0.15) is 5.56 Å². The number of ether oxygens (including phenoxy) is 1. The van der Waals surface area contributed by atoms with Crippen molar-refractivity contribution >= 4 is 34.7 Å². The molecular formula is C18H18ClN3O3. The van der Waals surface area contributed by atoms with E-state index < -0.39 is 11.7 Å². The summed E-state index contributed by atoms with van der Waals surface area (Å²) in [6, 6.07) is 10.9. The van der Waals surface area contributed by atoms with Gasteiger partial charge in [0.2, 0.25) is 0 Å². The van der Waals surface area contributed by atoms with Crippen LogP contribution in [-0.4, -0.2) is 43.1 Å². The molecule has 0 saturated carbocycles. The molecule has 0 bridgehead atoms. The third-order valence-corrected chi connectivity index (χ3v) is 4.49. The van der Waals surface area contributed by atoms with Gasteiger partial charge in [0, 0.05) is 35.6 Å². The van der Waals surface area contributed by atoms with Crippen LogP contribution in [-0.2, 0) is 9.53 Å². The molecule has 1 fully saturated rings. The Hall–Kier alpha value is -2.57. The van der Waals surface area contributed by atoms with Gasteiger partial charge in [0.1, 0.15) is 5.71 Å². The van der Waals surface area contributed by atoms with Gasteiger partial charge in [-0.2, -0.15) is 0 Å². The largest absolute Gasteiger partial charge is 0.477 e. The Labute approximate surface area is 150 Å². The lowest BCUT2D eigenvalue weighted by atomic mass is 9.99. The summed E-state index contributed by atoms with van der Waals surface area (Å²) in [5, 5.41) is 17.1. The molecule has 1 aliphatic heterocycles. The van der Waals surface area contributed by atoms with Gasteiger partial charge in [-0.05, 0) is 29.8 Å². The van der Waals surface area contributed by atoms with Crippen LogP contribution in [0.15, 0.2) is 36.4 Å². The lowest BCUT2D eigenvalue weighted by Crippen LogP contribution is -2.36. The molecule has 1 heterocycles. The molecule has 2 aromatic carbocycles. The number of carbonyl (C=O) groups is 1. The molecule has 0 amide bonds. The number of carboxylic acid groups (broad SMARTS) is 1. The Morgan fingerprint density at radius 3 is 2.44 bits per heavy atom. The molecule has 4 N–H and O–H groups in total. The Morgan fingerprint density at radius 2 is 1.84 bits per heavy atom. The number of carboxylic acids is 1. The third-order valence-electron chi connectivity index (χ3n) is 4.18. The molecule has 0 atom stereocenters. The predicted molar refractivity (Wildman–Crippen MR) is 98.8 cm³/mol. The normalized spacial score (nSPS) is 14.4. The maximum absolute atomic E-state index is 11.1. The number of halogens is 1. The number of benzene rings is 2. The van der Waals surface area contributed by atoms with Crippen molar-refractivity contribution in [3.63, 3.8) is 0 Å². The molecule has 2 aromatic rings. The summed E-state index contributed by atoms with van der Waals surface area (Å²) in [5.41, 5.74) is 8.17. The second-order valence-corrected chi connectivity index (χ2v) is 6.15. The molecule has 1 aliphatic rings. The molecule has 1 saturated heterocycles. The number of nitrogens with one attached hydrogen (secondary N) is 1.